The highest BCUT2D eigenvalue weighted by Crippen LogP contribution is 2.26. The van der Waals surface area contributed by atoms with Crippen molar-refractivity contribution in [3.8, 4) is 0 Å². The molecule has 1 atom stereocenters. The van der Waals surface area contributed by atoms with E-state index in [9.17, 15) is 0 Å². The monoisotopic (exact) mass is 191 g/mol. The van der Waals surface area contributed by atoms with Crippen LogP contribution < -0.4 is 5.73 Å². The zero-order chi connectivity index (χ0) is 9.97. The lowest BCUT2D eigenvalue weighted by molar-refractivity contribution is 0.111. The van der Waals surface area contributed by atoms with Crippen molar-refractivity contribution in [2.45, 2.75) is 6.10 Å². The van der Waals surface area contributed by atoms with E-state index in [-0.39, 0.29) is 6.10 Å². The molecular weight excluding hydrogens is 178 g/mol. The second kappa shape index (κ2) is 3.82. The SMILES string of the molecule is COC(CN)c1cccc2ccoc12. The second-order valence-electron chi connectivity index (χ2n) is 3.15. The van der Waals surface area contributed by atoms with Crippen molar-refractivity contribution in [1.29, 1.82) is 0 Å². The minimum absolute atomic E-state index is 0.0927. The Hall–Kier alpha value is -1.32. The van der Waals surface area contributed by atoms with Gasteiger partial charge < -0.3 is 14.9 Å². The number of para-hydroxylation sites is 1. The molecule has 0 saturated carbocycles. The number of fused-ring (bicyclic) bond motifs is 1. The summed E-state index contributed by atoms with van der Waals surface area (Å²) in [6, 6.07) is 7.90. The first-order valence-corrected chi connectivity index (χ1v) is 4.55. The summed E-state index contributed by atoms with van der Waals surface area (Å²) < 4.78 is 10.7. The molecule has 1 aromatic carbocycles. The third kappa shape index (κ3) is 1.41. The molecule has 0 radical (unpaired) electrons. The van der Waals surface area contributed by atoms with Crippen LogP contribution >= 0.6 is 0 Å². The normalized spacial score (nSPS) is 13.3. The van der Waals surface area contributed by atoms with Crippen molar-refractivity contribution in [3.63, 3.8) is 0 Å². The molecule has 74 valence electrons. The molecule has 1 aromatic heterocycles. The van der Waals surface area contributed by atoms with Gasteiger partial charge in [-0.1, -0.05) is 18.2 Å². The minimum Gasteiger partial charge on any atom is -0.464 e. The number of furan rings is 1. The fourth-order valence-corrected chi connectivity index (χ4v) is 1.62. The van der Waals surface area contributed by atoms with E-state index in [0.29, 0.717) is 6.54 Å². The fourth-order valence-electron chi connectivity index (χ4n) is 1.62. The Morgan fingerprint density at radius 3 is 3.00 bits per heavy atom. The molecule has 2 N–H and O–H groups in total. The fraction of sp³-hybridized carbons (Fsp3) is 0.273. The van der Waals surface area contributed by atoms with E-state index in [1.54, 1.807) is 13.4 Å². The minimum atomic E-state index is -0.0927. The summed E-state index contributed by atoms with van der Waals surface area (Å²) in [7, 11) is 1.65. The van der Waals surface area contributed by atoms with Crippen LogP contribution in [-0.4, -0.2) is 13.7 Å². The van der Waals surface area contributed by atoms with Gasteiger partial charge in [-0.15, -0.1) is 0 Å². The van der Waals surface area contributed by atoms with Crippen LogP contribution in [0.2, 0.25) is 0 Å². The molecule has 1 unspecified atom stereocenters. The number of rotatable bonds is 3. The smallest absolute Gasteiger partial charge is 0.139 e. The Morgan fingerprint density at radius 2 is 2.29 bits per heavy atom. The van der Waals surface area contributed by atoms with Crippen LogP contribution in [0.25, 0.3) is 11.0 Å². The Labute approximate surface area is 82.5 Å². The Morgan fingerprint density at radius 1 is 1.43 bits per heavy atom. The van der Waals surface area contributed by atoms with Crippen LogP contribution in [-0.2, 0) is 4.74 Å². The van der Waals surface area contributed by atoms with E-state index in [2.05, 4.69) is 0 Å². The first kappa shape index (κ1) is 9.24. The van der Waals surface area contributed by atoms with E-state index >= 15 is 0 Å². The van der Waals surface area contributed by atoms with Crippen LogP contribution in [0.1, 0.15) is 11.7 Å². The Bertz CT molecular complexity index is 418. The molecule has 0 spiro atoms. The maximum absolute atomic E-state index is 5.61. The highest BCUT2D eigenvalue weighted by atomic mass is 16.5. The highest BCUT2D eigenvalue weighted by Gasteiger charge is 2.13. The van der Waals surface area contributed by atoms with Crippen LogP contribution in [0.5, 0.6) is 0 Å². The van der Waals surface area contributed by atoms with Crippen LogP contribution in [0, 0.1) is 0 Å². The van der Waals surface area contributed by atoms with Gasteiger partial charge >= 0.3 is 0 Å². The van der Waals surface area contributed by atoms with Crippen molar-refractivity contribution in [1.82, 2.24) is 0 Å². The standard InChI is InChI=1S/C11H13NO2/c1-13-10(7-12)9-4-2-3-8-5-6-14-11(8)9/h2-6,10H,7,12H2,1H3. The van der Waals surface area contributed by atoms with E-state index in [1.165, 1.54) is 0 Å². The molecule has 0 aliphatic rings. The van der Waals surface area contributed by atoms with Crippen LogP contribution in [0.3, 0.4) is 0 Å². The average Bonchev–Trinajstić information content (AvgIpc) is 2.68. The van der Waals surface area contributed by atoms with E-state index < -0.39 is 0 Å². The molecule has 0 aliphatic heterocycles. The van der Waals surface area contributed by atoms with E-state index in [1.807, 2.05) is 24.3 Å². The van der Waals surface area contributed by atoms with Gasteiger partial charge in [0.05, 0.1) is 12.4 Å². The largest absolute Gasteiger partial charge is 0.464 e. The van der Waals surface area contributed by atoms with Crippen molar-refractivity contribution in [2.75, 3.05) is 13.7 Å². The molecule has 0 aliphatic carbocycles. The molecule has 3 nitrogen and oxygen atoms in total. The van der Waals surface area contributed by atoms with Gasteiger partial charge in [0.2, 0.25) is 0 Å². The zero-order valence-electron chi connectivity index (χ0n) is 8.07. The summed E-state index contributed by atoms with van der Waals surface area (Å²) in [5.41, 5.74) is 7.49. The van der Waals surface area contributed by atoms with Gasteiger partial charge in [0.1, 0.15) is 5.58 Å². The van der Waals surface area contributed by atoms with E-state index in [0.717, 1.165) is 16.5 Å². The van der Waals surface area contributed by atoms with Gasteiger partial charge in [0.15, 0.2) is 0 Å². The van der Waals surface area contributed by atoms with Gasteiger partial charge in [-0.3, -0.25) is 0 Å². The average molecular weight is 191 g/mol. The predicted molar refractivity (Wildman–Crippen MR) is 55.0 cm³/mol. The van der Waals surface area contributed by atoms with Gasteiger partial charge in [-0.2, -0.15) is 0 Å². The highest BCUT2D eigenvalue weighted by molar-refractivity contribution is 5.80. The maximum atomic E-state index is 5.61. The lowest BCUT2D eigenvalue weighted by Gasteiger charge is -2.13. The van der Waals surface area contributed by atoms with E-state index in [4.69, 9.17) is 14.9 Å². The summed E-state index contributed by atoms with van der Waals surface area (Å²) in [5, 5.41) is 1.08. The molecule has 1 heterocycles. The summed E-state index contributed by atoms with van der Waals surface area (Å²) in [4.78, 5) is 0. The number of benzene rings is 1. The molecule has 3 heteroatoms. The second-order valence-corrected chi connectivity index (χ2v) is 3.15. The lowest BCUT2D eigenvalue weighted by Crippen LogP contribution is -2.14. The zero-order valence-corrected chi connectivity index (χ0v) is 8.07. The summed E-state index contributed by atoms with van der Waals surface area (Å²) >= 11 is 0. The number of nitrogens with two attached hydrogens (primary N) is 1. The van der Waals surface area contributed by atoms with Gasteiger partial charge in [-0.25, -0.2) is 0 Å². The van der Waals surface area contributed by atoms with Crippen LogP contribution in [0.4, 0.5) is 0 Å². The third-order valence-electron chi connectivity index (χ3n) is 2.35. The van der Waals surface area contributed by atoms with Gasteiger partial charge in [-0.05, 0) is 6.07 Å². The van der Waals surface area contributed by atoms with Gasteiger partial charge in [0, 0.05) is 24.6 Å². The van der Waals surface area contributed by atoms with Crippen molar-refractivity contribution >= 4 is 11.0 Å². The predicted octanol–water partition coefficient (Wildman–Crippen LogP) is 2.08. The summed E-state index contributed by atoms with van der Waals surface area (Å²) in [5.74, 6) is 0. The first-order valence-electron chi connectivity index (χ1n) is 4.55. The number of methoxy groups -OCH3 is 1. The topological polar surface area (TPSA) is 48.4 Å². The van der Waals surface area contributed by atoms with Crippen LogP contribution in [0.15, 0.2) is 34.9 Å². The van der Waals surface area contributed by atoms with Crippen molar-refractivity contribution in [3.05, 3.63) is 36.1 Å². The third-order valence-corrected chi connectivity index (χ3v) is 2.35. The summed E-state index contributed by atoms with van der Waals surface area (Å²) in [6.45, 7) is 0.455. The molecule has 0 saturated heterocycles. The molecular formula is C11H13NO2. The quantitative estimate of drug-likeness (QED) is 0.808. The van der Waals surface area contributed by atoms with Crippen molar-refractivity contribution < 1.29 is 9.15 Å². The first-order chi connectivity index (χ1) is 6.86. The van der Waals surface area contributed by atoms with Crippen molar-refractivity contribution in [2.24, 2.45) is 5.73 Å². The number of hydrogen-bond donors (Lipinski definition) is 1. The number of ether oxygens (including phenoxy) is 1. The van der Waals surface area contributed by atoms with Gasteiger partial charge in [0.25, 0.3) is 0 Å². The maximum Gasteiger partial charge on any atom is 0.139 e. The Balaban J connectivity index is 2.54. The molecule has 2 rings (SSSR count). The lowest BCUT2D eigenvalue weighted by atomic mass is 10.1. The molecule has 0 fully saturated rings. The molecule has 2 aromatic rings. The summed E-state index contributed by atoms with van der Waals surface area (Å²) in [6.07, 6.45) is 1.59. The Kier molecular flexibility index (Phi) is 2.52. The molecule has 0 bridgehead atoms. The molecule has 14 heavy (non-hydrogen) atoms. The number of hydrogen-bond acceptors (Lipinski definition) is 3. The molecule has 0 amide bonds.